The molecule has 0 aliphatic rings. The van der Waals surface area contributed by atoms with E-state index in [9.17, 15) is 17.6 Å². The summed E-state index contributed by atoms with van der Waals surface area (Å²) in [7, 11) is -4.16. The number of amides is 1. The summed E-state index contributed by atoms with van der Waals surface area (Å²) in [6, 6.07) is 19.4. The Morgan fingerprint density at radius 2 is 1.60 bits per heavy atom. The van der Waals surface area contributed by atoms with E-state index in [1.807, 2.05) is 6.92 Å². The zero-order valence-electron chi connectivity index (χ0n) is 16.2. The summed E-state index contributed by atoms with van der Waals surface area (Å²) >= 11 is 0. The maximum atomic E-state index is 13.2. The average molecular weight is 425 g/mol. The quantitative estimate of drug-likeness (QED) is 0.517. The Hall–Kier alpha value is -3.45. The molecule has 0 saturated heterocycles. The smallest absolute Gasteiger partial charge is 0.271 e. The van der Waals surface area contributed by atoms with Crippen molar-refractivity contribution in [2.24, 2.45) is 0 Å². The molecule has 0 fully saturated rings. The lowest BCUT2D eigenvalue weighted by atomic mass is 10.2. The highest BCUT2D eigenvalue weighted by atomic mass is 32.2. The molecule has 1 amide bonds. The third-order valence-electron chi connectivity index (χ3n) is 4.15. The lowest BCUT2D eigenvalue weighted by molar-refractivity contribution is -0.113. The van der Waals surface area contributed by atoms with E-state index in [0.29, 0.717) is 17.9 Å². The molecule has 154 valence electrons. The monoisotopic (exact) mass is 425 g/mol. The fourth-order valence-corrected chi connectivity index (χ4v) is 4.14. The van der Waals surface area contributed by atoms with Crippen LogP contribution in [0.1, 0.15) is 12.5 Å². The molecule has 0 aliphatic carbocycles. The zero-order valence-corrected chi connectivity index (χ0v) is 17.1. The first-order valence-corrected chi connectivity index (χ1v) is 10.7. The molecule has 0 saturated carbocycles. The van der Waals surface area contributed by atoms with Crippen LogP contribution < -0.4 is 9.04 Å². The van der Waals surface area contributed by atoms with E-state index in [4.69, 9.17) is 4.74 Å². The van der Waals surface area contributed by atoms with Crippen molar-refractivity contribution in [1.29, 1.82) is 0 Å². The van der Waals surface area contributed by atoms with Gasteiger partial charge in [0.05, 0.1) is 17.2 Å². The Balaban J connectivity index is 2.00. The van der Waals surface area contributed by atoms with Gasteiger partial charge in [0.25, 0.3) is 15.9 Å². The van der Waals surface area contributed by atoms with E-state index in [-0.39, 0.29) is 10.6 Å². The van der Waals surface area contributed by atoms with Crippen molar-refractivity contribution in [3.05, 3.63) is 96.3 Å². The van der Waals surface area contributed by atoms with Gasteiger partial charge in [0.15, 0.2) is 0 Å². The van der Waals surface area contributed by atoms with Crippen molar-refractivity contribution in [2.45, 2.75) is 11.8 Å². The maximum absolute atomic E-state index is 13.2. The van der Waals surface area contributed by atoms with Crippen LogP contribution >= 0.6 is 0 Å². The highest BCUT2D eigenvalue weighted by Crippen LogP contribution is 2.26. The standard InChI is InChI=1S/C23H20FNO4S/c1-2-29-21-15-13-20(14-16-21)25(30(27,28)22-6-4-3-5-7-22)23(26)17-10-18-8-11-19(24)12-9-18/h3-17H,2H2,1H3/b17-10+. The minimum absolute atomic E-state index is 0.0117. The topological polar surface area (TPSA) is 63.7 Å². The Morgan fingerprint density at radius 1 is 0.967 bits per heavy atom. The van der Waals surface area contributed by atoms with E-state index < -0.39 is 21.7 Å². The van der Waals surface area contributed by atoms with E-state index in [0.717, 1.165) is 10.4 Å². The lowest BCUT2D eigenvalue weighted by Crippen LogP contribution is -2.35. The molecule has 0 aliphatic heterocycles. The number of carbonyl (C=O) groups excluding carboxylic acids is 1. The molecule has 0 radical (unpaired) electrons. The lowest BCUT2D eigenvalue weighted by Gasteiger charge is -2.21. The third-order valence-corrected chi connectivity index (χ3v) is 5.89. The second kappa shape index (κ2) is 9.37. The molecular weight excluding hydrogens is 405 g/mol. The minimum Gasteiger partial charge on any atom is -0.494 e. The van der Waals surface area contributed by atoms with Crippen LogP contribution in [0.3, 0.4) is 0 Å². The Morgan fingerprint density at radius 3 is 2.20 bits per heavy atom. The van der Waals surface area contributed by atoms with Crippen molar-refractivity contribution >= 4 is 27.7 Å². The fraction of sp³-hybridized carbons (Fsp3) is 0.0870. The van der Waals surface area contributed by atoms with Crippen LogP contribution in [0, 0.1) is 5.82 Å². The van der Waals surface area contributed by atoms with Gasteiger partial charge in [0, 0.05) is 6.08 Å². The van der Waals surface area contributed by atoms with Gasteiger partial charge in [-0.1, -0.05) is 30.3 Å². The van der Waals surface area contributed by atoms with E-state index in [1.54, 1.807) is 30.3 Å². The fourth-order valence-electron chi connectivity index (χ4n) is 2.74. The number of nitrogens with zero attached hydrogens (tertiary/aromatic N) is 1. The van der Waals surface area contributed by atoms with Crippen molar-refractivity contribution in [3.8, 4) is 5.75 Å². The number of anilines is 1. The Kier molecular flexibility index (Phi) is 6.64. The molecule has 3 aromatic carbocycles. The molecule has 30 heavy (non-hydrogen) atoms. The number of ether oxygens (including phenoxy) is 1. The van der Waals surface area contributed by atoms with Gasteiger partial charge in [-0.2, -0.15) is 4.31 Å². The van der Waals surface area contributed by atoms with Crippen LogP contribution in [-0.4, -0.2) is 20.9 Å². The predicted molar refractivity (Wildman–Crippen MR) is 114 cm³/mol. The maximum Gasteiger partial charge on any atom is 0.271 e. The second-order valence-electron chi connectivity index (χ2n) is 6.23. The van der Waals surface area contributed by atoms with Gasteiger partial charge in [-0.25, -0.2) is 12.8 Å². The first-order valence-electron chi connectivity index (χ1n) is 9.22. The number of hydrogen-bond donors (Lipinski definition) is 0. The summed E-state index contributed by atoms with van der Waals surface area (Å²) in [5.41, 5.74) is 0.740. The normalized spacial score (nSPS) is 11.4. The minimum atomic E-state index is -4.16. The zero-order chi connectivity index (χ0) is 21.6. The van der Waals surface area contributed by atoms with E-state index in [1.165, 1.54) is 54.6 Å². The van der Waals surface area contributed by atoms with Gasteiger partial charge >= 0.3 is 0 Å². The summed E-state index contributed by atoms with van der Waals surface area (Å²) in [5, 5.41) is 0. The Labute approximate surface area is 175 Å². The molecule has 0 spiro atoms. The number of sulfonamides is 1. The van der Waals surface area contributed by atoms with Crippen LogP contribution in [0.2, 0.25) is 0 Å². The molecule has 0 aromatic heterocycles. The highest BCUT2D eigenvalue weighted by Gasteiger charge is 2.29. The van der Waals surface area contributed by atoms with Gasteiger partial charge in [-0.15, -0.1) is 0 Å². The van der Waals surface area contributed by atoms with Gasteiger partial charge in [-0.3, -0.25) is 4.79 Å². The molecular formula is C23H20FNO4S. The van der Waals surface area contributed by atoms with Crippen LogP contribution in [0.25, 0.3) is 6.08 Å². The molecule has 3 rings (SSSR count). The van der Waals surface area contributed by atoms with Crippen LogP contribution in [0.5, 0.6) is 5.75 Å². The van der Waals surface area contributed by atoms with E-state index >= 15 is 0 Å². The average Bonchev–Trinajstić information content (AvgIpc) is 2.75. The highest BCUT2D eigenvalue weighted by molar-refractivity contribution is 7.93. The number of hydrogen-bond acceptors (Lipinski definition) is 4. The van der Waals surface area contributed by atoms with Crippen LogP contribution in [-0.2, 0) is 14.8 Å². The SMILES string of the molecule is CCOc1ccc(N(C(=O)/C=C/c2ccc(F)cc2)S(=O)(=O)c2ccccc2)cc1. The number of halogens is 1. The summed E-state index contributed by atoms with van der Waals surface area (Å²) in [5.74, 6) is -0.596. The first-order chi connectivity index (χ1) is 14.4. The predicted octanol–water partition coefficient (Wildman–Crippen LogP) is 4.66. The Bertz CT molecular complexity index is 1130. The van der Waals surface area contributed by atoms with Crippen LogP contribution in [0.4, 0.5) is 10.1 Å². The summed E-state index contributed by atoms with van der Waals surface area (Å²) in [4.78, 5) is 13.0. The summed E-state index contributed by atoms with van der Waals surface area (Å²) < 4.78 is 45.7. The number of carbonyl (C=O) groups is 1. The van der Waals surface area contributed by atoms with Crippen LogP contribution in [0.15, 0.2) is 89.8 Å². The second-order valence-corrected chi connectivity index (χ2v) is 8.02. The third kappa shape index (κ3) is 4.93. The molecule has 3 aromatic rings. The van der Waals surface area contributed by atoms with Crippen molar-refractivity contribution in [2.75, 3.05) is 10.9 Å². The molecule has 7 heteroatoms. The summed E-state index contributed by atoms with van der Waals surface area (Å²) in [6.45, 7) is 2.30. The van der Waals surface area contributed by atoms with Gasteiger partial charge in [0.1, 0.15) is 11.6 Å². The molecule has 0 N–H and O–H groups in total. The molecule has 0 heterocycles. The van der Waals surface area contributed by atoms with Gasteiger partial charge < -0.3 is 4.74 Å². The molecule has 0 unspecified atom stereocenters. The molecule has 0 bridgehead atoms. The number of rotatable bonds is 7. The largest absolute Gasteiger partial charge is 0.494 e. The molecule has 0 atom stereocenters. The van der Waals surface area contributed by atoms with Gasteiger partial charge in [-0.05, 0) is 67.1 Å². The van der Waals surface area contributed by atoms with Crippen molar-refractivity contribution in [1.82, 2.24) is 0 Å². The number of benzene rings is 3. The van der Waals surface area contributed by atoms with Gasteiger partial charge in [0.2, 0.25) is 0 Å². The van der Waals surface area contributed by atoms with E-state index in [2.05, 4.69) is 0 Å². The first kappa shape index (κ1) is 21.3. The van der Waals surface area contributed by atoms with Crippen molar-refractivity contribution < 1.29 is 22.3 Å². The molecule has 5 nitrogen and oxygen atoms in total. The summed E-state index contributed by atoms with van der Waals surface area (Å²) in [6.07, 6.45) is 2.58. The van der Waals surface area contributed by atoms with Crippen molar-refractivity contribution in [3.63, 3.8) is 0 Å².